The molecule has 1 fully saturated rings. The van der Waals surface area contributed by atoms with Gasteiger partial charge < -0.3 is 5.11 Å². The summed E-state index contributed by atoms with van der Waals surface area (Å²) in [6.07, 6.45) is 0. The SMILES string of the molecule is CC(C(=O)O)C1CN(C(C)c2cccc(Cl)c2)C1. The van der Waals surface area contributed by atoms with Gasteiger partial charge in [0.25, 0.3) is 0 Å². The number of nitrogens with zero attached hydrogens (tertiary/aromatic N) is 1. The van der Waals surface area contributed by atoms with Crippen molar-refractivity contribution in [3.63, 3.8) is 0 Å². The molecule has 0 radical (unpaired) electrons. The maximum atomic E-state index is 10.9. The predicted octanol–water partition coefficient (Wildman–Crippen LogP) is 3.05. The Morgan fingerprint density at radius 1 is 1.44 bits per heavy atom. The Hall–Kier alpha value is -1.06. The number of benzene rings is 1. The van der Waals surface area contributed by atoms with E-state index in [4.69, 9.17) is 16.7 Å². The van der Waals surface area contributed by atoms with Gasteiger partial charge in [-0.2, -0.15) is 0 Å². The van der Waals surface area contributed by atoms with Gasteiger partial charge in [0.2, 0.25) is 0 Å². The lowest BCUT2D eigenvalue weighted by Gasteiger charge is -2.45. The molecule has 2 unspecified atom stereocenters. The molecule has 4 heteroatoms. The van der Waals surface area contributed by atoms with E-state index in [0.717, 1.165) is 18.1 Å². The number of carboxylic acids is 1. The number of rotatable bonds is 4. The fourth-order valence-electron chi connectivity index (χ4n) is 2.36. The first kappa shape index (κ1) is 13.4. The number of halogens is 1. The summed E-state index contributed by atoms with van der Waals surface area (Å²) < 4.78 is 0. The van der Waals surface area contributed by atoms with E-state index in [1.165, 1.54) is 5.56 Å². The first-order chi connectivity index (χ1) is 8.49. The van der Waals surface area contributed by atoms with Crippen LogP contribution in [0.25, 0.3) is 0 Å². The summed E-state index contributed by atoms with van der Waals surface area (Å²) in [5.74, 6) is -0.688. The van der Waals surface area contributed by atoms with Crippen LogP contribution in [-0.2, 0) is 4.79 Å². The van der Waals surface area contributed by atoms with Crippen molar-refractivity contribution in [2.75, 3.05) is 13.1 Å². The van der Waals surface area contributed by atoms with E-state index in [1.54, 1.807) is 6.92 Å². The van der Waals surface area contributed by atoms with Gasteiger partial charge in [0.15, 0.2) is 0 Å². The Bertz CT molecular complexity index is 443. The summed E-state index contributed by atoms with van der Waals surface area (Å²) in [5.41, 5.74) is 1.18. The summed E-state index contributed by atoms with van der Waals surface area (Å²) in [7, 11) is 0. The third kappa shape index (κ3) is 2.68. The number of carboxylic acid groups (broad SMARTS) is 1. The summed E-state index contributed by atoms with van der Waals surface area (Å²) in [4.78, 5) is 13.2. The highest BCUT2D eigenvalue weighted by atomic mass is 35.5. The molecule has 1 saturated heterocycles. The molecule has 1 aliphatic rings. The minimum Gasteiger partial charge on any atom is -0.481 e. The molecule has 0 aliphatic carbocycles. The Morgan fingerprint density at radius 3 is 2.67 bits per heavy atom. The Labute approximate surface area is 112 Å². The Kier molecular flexibility index (Phi) is 3.93. The van der Waals surface area contributed by atoms with Gasteiger partial charge in [0.05, 0.1) is 5.92 Å². The lowest BCUT2D eigenvalue weighted by molar-refractivity contribution is -0.146. The normalized spacial score (nSPS) is 20.2. The minimum absolute atomic E-state index is 0.257. The van der Waals surface area contributed by atoms with Crippen molar-refractivity contribution in [2.24, 2.45) is 11.8 Å². The molecule has 1 heterocycles. The van der Waals surface area contributed by atoms with Crippen molar-refractivity contribution < 1.29 is 9.90 Å². The number of aliphatic carboxylic acids is 1. The highest BCUT2D eigenvalue weighted by molar-refractivity contribution is 6.30. The lowest BCUT2D eigenvalue weighted by atomic mass is 9.85. The van der Waals surface area contributed by atoms with Crippen LogP contribution < -0.4 is 0 Å². The Morgan fingerprint density at radius 2 is 2.11 bits per heavy atom. The molecule has 18 heavy (non-hydrogen) atoms. The topological polar surface area (TPSA) is 40.5 Å². The van der Waals surface area contributed by atoms with Gasteiger partial charge in [0, 0.05) is 24.2 Å². The smallest absolute Gasteiger partial charge is 0.306 e. The second kappa shape index (κ2) is 5.29. The number of hydrogen-bond acceptors (Lipinski definition) is 2. The Balaban J connectivity index is 1.94. The van der Waals surface area contributed by atoms with Gasteiger partial charge >= 0.3 is 5.97 Å². The fourth-order valence-corrected chi connectivity index (χ4v) is 2.56. The van der Waals surface area contributed by atoms with Crippen LogP contribution in [0.3, 0.4) is 0 Å². The van der Waals surface area contributed by atoms with Crippen molar-refractivity contribution in [1.82, 2.24) is 4.90 Å². The second-order valence-corrected chi connectivity index (χ2v) is 5.51. The van der Waals surface area contributed by atoms with Crippen LogP contribution in [-0.4, -0.2) is 29.1 Å². The molecule has 1 aromatic rings. The van der Waals surface area contributed by atoms with Gasteiger partial charge in [-0.05, 0) is 30.5 Å². The molecule has 2 rings (SSSR count). The van der Waals surface area contributed by atoms with Crippen LogP contribution in [0.5, 0.6) is 0 Å². The summed E-state index contributed by atoms with van der Waals surface area (Å²) in [5, 5.41) is 9.71. The number of likely N-dealkylation sites (tertiary alicyclic amines) is 1. The molecule has 0 bridgehead atoms. The zero-order chi connectivity index (χ0) is 13.3. The molecular weight excluding hydrogens is 250 g/mol. The summed E-state index contributed by atoms with van der Waals surface area (Å²) in [6, 6.07) is 8.14. The molecule has 1 aromatic carbocycles. The molecule has 2 atom stereocenters. The van der Waals surface area contributed by atoms with Crippen LogP contribution in [0, 0.1) is 11.8 Å². The maximum absolute atomic E-state index is 10.9. The second-order valence-electron chi connectivity index (χ2n) is 5.07. The molecule has 98 valence electrons. The van der Waals surface area contributed by atoms with E-state index < -0.39 is 5.97 Å². The van der Waals surface area contributed by atoms with Crippen molar-refractivity contribution in [1.29, 1.82) is 0 Å². The average molecular weight is 268 g/mol. The minimum atomic E-state index is -0.699. The van der Waals surface area contributed by atoms with E-state index in [9.17, 15) is 4.79 Å². The average Bonchev–Trinajstić information content (AvgIpc) is 2.26. The van der Waals surface area contributed by atoms with Crippen LogP contribution >= 0.6 is 11.6 Å². The molecule has 3 nitrogen and oxygen atoms in total. The highest BCUT2D eigenvalue weighted by Crippen LogP contribution is 2.32. The summed E-state index contributed by atoms with van der Waals surface area (Å²) >= 11 is 5.98. The van der Waals surface area contributed by atoms with E-state index in [1.807, 2.05) is 18.2 Å². The van der Waals surface area contributed by atoms with E-state index in [-0.39, 0.29) is 11.8 Å². The van der Waals surface area contributed by atoms with E-state index >= 15 is 0 Å². The number of carbonyl (C=O) groups is 1. The van der Waals surface area contributed by atoms with Crippen LogP contribution in [0.4, 0.5) is 0 Å². The largest absolute Gasteiger partial charge is 0.481 e. The van der Waals surface area contributed by atoms with Crippen LogP contribution in [0.2, 0.25) is 5.02 Å². The van der Waals surface area contributed by atoms with E-state index in [2.05, 4.69) is 17.9 Å². The molecule has 0 saturated carbocycles. The standard InChI is InChI=1S/C14H18ClNO2/c1-9(14(17)18)12-7-16(8-12)10(2)11-4-3-5-13(15)6-11/h3-6,9-10,12H,7-8H2,1-2H3,(H,17,18). The zero-order valence-corrected chi connectivity index (χ0v) is 11.4. The molecule has 0 aromatic heterocycles. The van der Waals surface area contributed by atoms with Gasteiger partial charge in [0.1, 0.15) is 0 Å². The monoisotopic (exact) mass is 267 g/mol. The predicted molar refractivity (Wildman–Crippen MR) is 71.7 cm³/mol. The van der Waals surface area contributed by atoms with Gasteiger partial charge in [-0.25, -0.2) is 0 Å². The van der Waals surface area contributed by atoms with Gasteiger partial charge in [-0.1, -0.05) is 30.7 Å². The zero-order valence-electron chi connectivity index (χ0n) is 10.6. The van der Waals surface area contributed by atoms with Gasteiger partial charge in [-0.15, -0.1) is 0 Å². The fraction of sp³-hybridized carbons (Fsp3) is 0.500. The van der Waals surface area contributed by atoms with Crippen molar-refractivity contribution in [2.45, 2.75) is 19.9 Å². The van der Waals surface area contributed by atoms with Crippen molar-refractivity contribution in [3.8, 4) is 0 Å². The van der Waals surface area contributed by atoms with E-state index in [0.29, 0.717) is 6.04 Å². The number of hydrogen-bond donors (Lipinski definition) is 1. The first-order valence-electron chi connectivity index (χ1n) is 6.21. The van der Waals surface area contributed by atoms with Crippen molar-refractivity contribution >= 4 is 17.6 Å². The highest BCUT2D eigenvalue weighted by Gasteiger charge is 2.36. The third-order valence-electron chi connectivity index (χ3n) is 3.91. The molecule has 0 spiro atoms. The molecular formula is C14H18ClNO2. The van der Waals surface area contributed by atoms with Gasteiger partial charge in [-0.3, -0.25) is 9.69 Å². The first-order valence-corrected chi connectivity index (χ1v) is 6.59. The molecule has 0 amide bonds. The molecule has 1 N–H and O–H groups in total. The summed E-state index contributed by atoms with van der Waals surface area (Å²) in [6.45, 7) is 5.62. The lowest BCUT2D eigenvalue weighted by Crippen LogP contribution is -2.51. The molecule has 1 aliphatic heterocycles. The van der Waals surface area contributed by atoms with Crippen molar-refractivity contribution in [3.05, 3.63) is 34.9 Å². The quantitative estimate of drug-likeness (QED) is 0.912. The van der Waals surface area contributed by atoms with Crippen LogP contribution in [0.1, 0.15) is 25.5 Å². The maximum Gasteiger partial charge on any atom is 0.306 e. The van der Waals surface area contributed by atoms with Crippen LogP contribution in [0.15, 0.2) is 24.3 Å². The third-order valence-corrected chi connectivity index (χ3v) is 4.15.